The van der Waals surface area contributed by atoms with Gasteiger partial charge in [0, 0.05) is 25.5 Å². The molecule has 1 aliphatic rings. The molecule has 1 amide bonds. The molecule has 1 heterocycles. The van der Waals surface area contributed by atoms with E-state index < -0.39 is 5.54 Å². The summed E-state index contributed by atoms with van der Waals surface area (Å²) >= 11 is 0. The number of nitrogens with two attached hydrogens (primary N) is 1. The number of nitrogens with zero attached hydrogens (tertiary/aromatic N) is 1. The van der Waals surface area contributed by atoms with E-state index in [4.69, 9.17) is 5.73 Å². The van der Waals surface area contributed by atoms with Crippen LogP contribution >= 0.6 is 0 Å². The number of hydrogen-bond acceptors (Lipinski definition) is 2. The summed E-state index contributed by atoms with van der Waals surface area (Å²) in [5.74, 6) is 0.0113. The second-order valence-electron chi connectivity index (χ2n) is 4.54. The van der Waals surface area contributed by atoms with Crippen LogP contribution < -0.4 is 11.1 Å². The highest BCUT2D eigenvalue weighted by atomic mass is 16.2. The lowest BCUT2D eigenvalue weighted by atomic mass is 9.98. The van der Waals surface area contributed by atoms with Crippen molar-refractivity contribution in [2.24, 2.45) is 5.73 Å². The first-order chi connectivity index (χ1) is 7.71. The maximum Gasteiger partial charge on any atom is 0.240 e. The molecule has 0 unspecified atom stereocenters. The predicted molar refractivity (Wildman–Crippen MR) is 62.8 cm³/mol. The van der Waals surface area contributed by atoms with Gasteiger partial charge in [-0.25, -0.2) is 0 Å². The molecule has 0 spiro atoms. The van der Waals surface area contributed by atoms with Crippen LogP contribution in [-0.4, -0.2) is 22.6 Å². The Morgan fingerprint density at radius 1 is 1.31 bits per heavy atom. The molecule has 1 aromatic rings. The van der Waals surface area contributed by atoms with Gasteiger partial charge in [0.05, 0.1) is 5.54 Å². The molecule has 0 saturated heterocycles. The molecule has 16 heavy (non-hydrogen) atoms. The fraction of sp³-hybridized carbons (Fsp3) is 0.583. The molecule has 1 fully saturated rings. The molecule has 0 atom stereocenters. The molecule has 0 aliphatic heterocycles. The van der Waals surface area contributed by atoms with Crippen molar-refractivity contribution >= 4 is 5.91 Å². The zero-order chi connectivity index (χ0) is 11.4. The first-order valence-corrected chi connectivity index (χ1v) is 5.89. The average Bonchev–Trinajstić information content (AvgIpc) is 2.90. The van der Waals surface area contributed by atoms with Crippen molar-refractivity contribution in [1.29, 1.82) is 0 Å². The standard InChI is InChI=1S/C12H19N3O/c13-12(5-1-2-6-12)11(16)14-7-10-15-8-3-4-9-15/h3-4,8-9H,1-2,5-7,10,13H2,(H,14,16). The van der Waals surface area contributed by atoms with Gasteiger partial charge in [0.15, 0.2) is 0 Å². The van der Waals surface area contributed by atoms with Crippen LogP contribution in [0.5, 0.6) is 0 Å². The number of amides is 1. The van der Waals surface area contributed by atoms with Crippen LogP contribution in [0.1, 0.15) is 25.7 Å². The molecule has 2 rings (SSSR count). The maximum atomic E-state index is 11.9. The molecule has 0 radical (unpaired) electrons. The minimum absolute atomic E-state index is 0.0113. The molecule has 0 bridgehead atoms. The molecule has 4 heteroatoms. The Bertz CT molecular complexity index is 339. The summed E-state index contributed by atoms with van der Waals surface area (Å²) in [6.07, 6.45) is 7.76. The maximum absolute atomic E-state index is 11.9. The van der Waals surface area contributed by atoms with Gasteiger partial charge in [-0.05, 0) is 25.0 Å². The lowest BCUT2D eigenvalue weighted by Gasteiger charge is -2.22. The molecule has 1 aromatic heterocycles. The Morgan fingerprint density at radius 2 is 1.94 bits per heavy atom. The highest BCUT2D eigenvalue weighted by Crippen LogP contribution is 2.26. The number of hydrogen-bond donors (Lipinski definition) is 2. The van der Waals surface area contributed by atoms with Crippen LogP contribution in [0, 0.1) is 0 Å². The zero-order valence-corrected chi connectivity index (χ0v) is 9.48. The SMILES string of the molecule is NC1(C(=O)NCCn2cccc2)CCCC1. The molecular formula is C12H19N3O. The second kappa shape index (κ2) is 4.70. The highest BCUT2D eigenvalue weighted by molar-refractivity contribution is 5.86. The van der Waals surface area contributed by atoms with Crippen LogP contribution in [0.2, 0.25) is 0 Å². The van der Waals surface area contributed by atoms with E-state index in [0.29, 0.717) is 6.54 Å². The Hall–Kier alpha value is -1.29. The van der Waals surface area contributed by atoms with Crippen LogP contribution in [0.15, 0.2) is 24.5 Å². The van der Waals surface area contributed by atoms with Crippen molar-refractivity contribution in [3.05, 3.63) is 24.5 Å². The van der Waals surface area contributed by atoms with E-state index >= 15 is 0 Å². The molecule has 1 saturated carbocycles. The van der Waals surface area contributed by atoms with Crippen molar-refractivity contribution in [3.63, 3.8) is 0 Å². The van der Waals surface area contributed by atoms with Gasteiger partial charge in [-0.2, -0.15) is 0 Å². The number of carbonyl (C=O) groups is 1. The Kier molecular flexibility index (Phi) is 3.29. The normalized spacial score (nSPS) is 18.6. The fourth-order valence-corrected chi connectivity index (χ4v) is 2.23. The summed E-state index contributed by atoms with van der Waals surface area (Å²) < 4.78 is 2.04. The van der Waals surface area contributed by atoms with Crippen molar-refractivity contribution in [1.82, 2.24) is 9.88 Å². The van der Waals surface area contributed by atoms with Crippen LogP contribution in [-0.2, 0) is 11.3 Å². The minimum atomic E-state index is -0.601. The molecule has 1 aliphatic carbocycles. The van der Waals surface area contributed by atoms with Crippen LogP contribution in [0.4, 0.5) is 0 Å². The van der Waals surface area contributed by atoms with Gasteiger partial charge in [-0.1, -0.05) is 12.8 Å². The first-order valence-electron chi connectivity index (χ1n) is 5.89. The fourth-order valence-electron chi connectivity index (χ4n) is 2.23. The quantitative estimate of drug-likeness (QED) is 0.792. The molecule has 4 nitrogen and oxygen atoms in total. The summed E-state index contributed by atoms with van der Waals surface area (Å²) in [7, 11) is 0. The van der Waals surface area contributed by atoms with E-state index in [1.165, 1.54) is 0 Å². The zero-order valence-electron chi connectivity index (χ0n) is 9.48. The van der Waals surface area contributed by atoms with Crippen molar-refractivity contribution in [3.8, 4) is 0 Å². The third kappa shape index (κ3) is 2.44. The first kappa shape index (κ1) is 11.2. The molecule has 0 aromatic carbocycles. The van der Waals surface area contributed by atoms with Gasteiger partial charge in [0.25, 0.3) is 0 Å². The highest BCUT2D eigenvalue weighted by Gasteiger charge is 2.36. The van der Waals surface area contributed by atoms with E-state index in [9.17, 15) is 4.79 Å². The third-order valence-corrected chi connectivity index (χ3v) is 3.27. The van der Waals surface area contributed by atoms with E-state index in [1.807, 2.05) is 29.1 Å². The second-order valence-corrected chi connectivity index (χ2v) is 4.54. The molecule has 3 N–H and O–H groups in total. The summed E-state index contributed by atoms with van der Waals surface area (Å²) in [4.78, 5) is 11.9. The average molecular weight is 221 g/mol. The smallest absolute Gasteiger partial charge is 0.240 e. The topological polar surface area (TPSA) is 60.1 Å². The summed E-state index contributed by atoms with van der Waals surface area (Å²) in [6, 6.07) is 3.95. The predicted octanol–water partition coefficient (Wildman–Crippen LogP) is 0.876. The van der Waals surface area contributed by atoms with E-state index in [1.54, 1.807) is 0 Å². The number of rotatable bonds is 4. The van der Waals surface area contributed by atoms with Gasteiger partial charge in [-0.15, -0.1) is 0 Å². The monoisotopic (exact) mass is 221 g/mol. The number of aromatic nitrogens is 1. The molecule has 88 valence electrons. The van der Waals surface area contributed by atoms with Crippen LogP contribution in [0.25, 0.3) is 0 Å². The largest absolute Gasteiger partial charge is 0.353 e. The van der Waals surface area contributed by atoms with Gasteiger partial charge in [0.2, 0.25) is 5.91 Å². The lowest BCUT2D eigenvalue weighted by molar-refractivity contribution is -0.126. The Morgan fingerprint density at radius 3 is 2.56 bits per heavy atom. The number of carbonyl (C=O) groups excluding carboxylic acids is 1. The summed E-state index contributed by atoms with van der Waals surface area (Å²) in [5, 5.41) is 2.92. The van der Waals surface area contributed by atoms with Crippen LogP contribution in [0.3, 0.4) is 0 Å². The van der Waals surface area contributed by atoms with Gasteiger partial charge < -0.3 is 15.6 Å². The van der Waals surface area contributed by atoms with Crippen molar-refractivity contribution in [2.75, 3.05) is 6.54 Å². The van der Waals surface area contributed by atoms with Gasteiger partial charge in [-0.3, -0.25) is 4.79 Å². The molecular weight excluding hydrogens is 202 g/mol. The minimum Gasteiger partial charge on any atom is -0.353 e. The van der Waals surface area contributed by atoms with E-state index in [0.717, 1.165) is 32.2 Å². The lowest BCUT2D eigenvalue weighted by Crippen LogP contribution is -2.52. The Balaban J connectivity index is 1.75. The van der Waals surface area contributed by atoms with E-state index in [-0.39, 0.29) is 5.91 Å². The van der Waals surface area contributed by atoms with E-state index in [2.05, 4.69) is 5.32 Å². The van der Waals surface area contributed by atoms with Crippen molar-refractivity contribution in [2.45, 2.75) is 37.8 Å². The van der Waals surface area contributed by atoms with Gasteiger partial charge >= 0.3 is 0 Å². The number of nitrogens with one attached hydrogen (secondary N) is 1. The summed E-state index contributed by atoms with van der Waals surface area (Å²) in [6.45, 7) is 1.45. The third-order valence-electron chi connectivity index (χ3n) is 3.27. The van der Waals surface area contributed by atoms with Gasteiger partial charge in [0.1, 0.15) is 0 Å². The van der Waals surface area contributed by atoms with Crippen molar-refractivity contribution < 1.29 is 4.79 Å². The summed E-state index contributed by atoms with van der Waals surface area (Å²) in [5.41, 5.74) is 5.44. The Labute approximate surface area is 95.8 Å².